The molecule has 0 radical (unpaired) electrons. The van der Waals surface area contributed by atoms with Crippen molar-refractivity contribution >= 4 is 11.5 Å². The first-order valence-electron chi connectivity index (χ1n) is 5.14. The Labute approximate surface area is 98.9 Å². The van der Waals surface area contributed by atoms with Crippen molar-refractivity contribution in [3.63, 3.8) is 0 Å². The minimum absolute atomic E-state index is 0.0325. The first-order valence-corrected chi connectivity index (χ1v) is 5.14. The van der Waals surface area contributed by atoms with E-state index in [1.165, 1.54) is 0 Å². The van der Waals surface area contributed by atoms with Crippen LogP contribution in [-0.2, 0) is 9.53 Å². The van der Waals surface area contributed by atoms with Crippen LogP contribution < -0.4 is 0 Å². The van der Waals surface area contributed by atoms with Gasteiger partial charge in [0.1, 0.15) is 5.57 Å². The summed E-state index contributed by atoms with van der Waals surface area (Å²) in [5.74, 6) is -0.682. The molecule has 0 saturated heterocycles. The van der Waals surface area contributed by atoms with Crippen molar-refractivity contribution in [3.8, 4) is 0 Å². The fourth-order valence-corrected chi connectivity index (χ4v) is 1.42. The van der Waals surface area contributed by atoms with Crippen molar-refractivity contribution < 1.29 is 14.5 Å². The molecular formula is C12H13NO4. The first kappa shape index (κ1) is 12.9. The van der Waals surface area contributed by atoms with Crippen molar-refractivity contribution in [2.45, 2.75) is 13.8 Å². The van der Waals surface area contributed by atoms with E-state index in [1.54, 1.807) is 38.1 Å². The van der Waals surface area contributed by atoms with E-state index in [4.69, 9.17) is 4.74 Å². The summed E-state index contributed by atoms with van der Waals surface area (Å²) in [6, 6.07) is 6.95. The second kappa shape index (κ2) is 5.79. The van der Waals surface area contributed by atoms with Crippen LogP contribution >= 0.6 is 0 Å². The van der Waals surface area contributed by atoms with Gasteiger partial charge in [0, 0.05) is 0 Å². The number of nitrogens with zero attached hydrogens (tertiary/aromatic N) is 1. The molecule has 5 nitrogen and oxygen atoms in total. The van der Waals surface area contributed by atoms with E-state index < -0.39 is 10.9 Å². The maximum atomic E-state index is 11.6. The van der Waals surface area contributed by atoms with E-state index in [0.29, 0.717) is 11.8 Å². The molecule has 0 aromatic heterocycles. The number of benzene rings is 1. The van der Waals surface area contributed by atoms with Gasteiger partial charge in [-0.2, -0.15) is 0 Å². The Morgan fingerprint density at radius 3 is 2.65 bits per heavy atom. The van der Waals surface area contributed by atoms with Crippen LogP contribution in [0.1, 0.15) is 18.1 Å². The van der Waals surface area contributed by atoms with Crippen LogP contribution in [0.15, 0.2) is 30.5 Å². The molecule has 0 bridgehead atoms. The molecule has 0 aliphatic carbocycles. The zero-order valence-electron chi connectivity index (χ0n) is 9.67. The fourth-order valence-electron chi connectivity index (χ4n) is 1.42. The number of hydrogen-bond donors (Lipinski definition) is 0. The molecule has 0 unspecified atom stereocenters. The smallest absolute Gasteiger partial charge is 0.345 e. The highest BCUT2D eigenvalue weighted by Gasteiger charge is 2.18. The minimum atomic E-state index is -0.682. The zero-order valence-corrected chi connectivity index (χ0v) is 9.67. The summed E-state index contributed by atoms with van der Waals surface area (Å²) in [6.07, 6.45) is 0.681. The number of carbonyl (C=O) groups excluding carboxylic acids is 1. The number of ether oxygens (including phenoxy) is 1. The van der Waals surface area contributed by atoms with Gasteiger partial charge in [-0.15, -0.1) is 0 Å². The third kappa shape index (κ3) is 3.41. The summed E-state index contributed by atoms with van der Waals surface area (Å²) in [7, 11) is 0. The Morgan fingerprint density at radius 1 is 1.47 bits per heavy atom. The molecular weight excluding hydrogens is 222 g/mol. The van der Waals surface area contributed by atoms with Gasteiger partial charge < -0.3 is 4.74 Å². The normalized spacial score (nSPS) is 11.1. The van der Waals surface area contributed by atoms with Gasteiger partial charge >= 0.3 is 5.97 Å². The highest BCUT2D eigenvalue weighted by molar-refractivity contribution is 6.16. The Kier molecular flexibility index (Phi) is 4.39. The molecule has 0 N–H and O–H groups in total. The van der Waals surface area contributed by atoms with Crippen LogP contribution in [-0.4, -0.2) is 17.5 Å². The molecule has 0 aliphatic rings. The van der Waals surface area contributed by atoms with Crippen molar-refractivity contribution in [1.82, 2.24) is 0 Å². The third-order valence-electron chi connectivity index (χ3n) is 2.17. The second-order valence-corrected chi connectivity index (χ2v) is 3.36. The Hall–Kier alpha value is -2.17. The van der Waals surface area contributed by atoms with Gasteiger partial charge in [0.15, 0.2) is 0 Å². The lowest BCUT2D eigenvalue weighted by atomic mass is 10.0. The molecule has 1 aromatic carbocycles. The Bertz CT molecular complexity index is 465. The minimum Gasteiger partial charge on any atom is -0.462 e. The lowest BCUT2D eigenvalue weighted by molar-refractivity contribution is -0.401. The fraction of sp³-hybridized carbons (Fsp3) is 0.250. The number of esters is 1. The summed E-state index contributed by atoms with van der Waals surface area (Å²) < 4.78 is 4.80. The van der Waals surface area contributed by atoms with Crippen LogP contribution in [0.5, 0.6) is 0 Å². The van der Waals surface area contributed by atoms with Crippen LogP contribution in [0.3, 0.4) is 0 Å². The van der Waals surface area contributed by atoms with Crippen molar-refractivity contribution in [2.75, 3.05) is 6.61 Å². The van der Waals surface area contributed by atoms with E-state index >= 15 is 0 Å². The van der Waals surface area contributed by atoms with Gasteiger partial charge in [-0.05, 0) is 25.0 Å². The third-order valence-corrected chi connectivity index (χ3v) is 2.17. The van der Waals surface area contributed by atoms with Crippen LogP contribution in [0.2, 0.25) is 0 Å². The molecule has 0 amide bonds. The SMILES string of the molecule is CCOC(=O)/C(=C\[N+](=O)[O-])c1ccccc1C. The molecule has 5 heteroatoms. The van der Waals surface area contributed by atoms with Crippen LogP contribution in [0, 0.1) is 17.0 Å². The summed E-state index contributed by atoms with van der Waals surface area (Å²) in [5, 5.41) is 10.5. The molecule has 0 spiro atoms. The number of carbonyl (C=O) groups is 1. The van der Waals surface area contributed by atoms with E-state index in [0.717, 1.165) is 5.56 Å². The second-order valence-electron chi connectivity index (χ2n) is 3.36. The highest BCUT2D eigenvalue weighted by Crippen LogP contribution is 2.20. The summed E-state index contributed by atoms with van der Waals surface area (Å²) >= 11 is 0. The molecule has 0 fully saturated rings. The van der Waals surface area contributed by atoms with Gasteiger partial charge in [-0.25, -0.2) is 4.79 Å². The summed E-state index contributed by atoms with van der Waals surface area (Å²) in [4.78, 5) is 21.5. The van der Waals surface area contributed by atoms with Gasteiger partial charge in [0.25, 0.3) is 0 Å². The quantitative estimate of drug-likeness (QED) is 0.347. The number of rotatable bonds is 4. The number of nitro groups is 1. The maximum absolute atomic E-state index is 11.6. The van der Waals surface area contributed by atoms with Crippen LogP contribution in [0.25, 0.3) is 5.57 Å². The Morgan fingerprint density at radius 2 is 2.12 bits per heavy atom. The predicted molar refractivity (Wildman–Crippen MR) is 62.8 cm³/mol. The summed E-state index contributed by atoms with van der Waals surface area (Å²) in [5.41, 5.74) is 1.27. The Balaban J connectivity index is 3.21. The average molecular weight is 235 g/mol. The molecule has 0 heterocycles. The molecule has 0 aliphatic heterocycles. The maximum Gasteiger partial charge on any atom is 0.345 e. The zero-order chi connectivity index (χ0) is 12.8. The lowest BCUT2D eigenvalue weighted by Gasteiger charge is -2.07. The van der Waals surface area contributed by atoms with Gasteiger partial charge in [0.2, 0.25) is 6.20 Å². The highest BCUT2D eigenvalue weighted by atomic mass is 16.6. The van der Waals surface area contributed by atoms with E-state index in [-0.39, 0.29) is 12.2 Å². The predicted octanol–water partition coefficient (Wildman–Crippen LogP) is 2.18. The molecule has 90 valence electrons. The van der Waals surface area contributed by atoms with Crippen molar-refractivity contribution in [1.29, 1.82) is 0 Å². The lowest BCUT2D eigenvalue weighted by Crippen LogP contribution is -2.09. The van der Waals surface area contributed by atoms with Crippen molar-refractivity contribution in [3.05, 3.63) is 51.7 Å². The summed E-state index contributed by atoms with van der Waals surface area (Å²) in [6.45, 7) is 3.61. The standard InChI is InChI=1S/C12H13NO4/c1-3-17-12(14)11(8-13(15)16)10-7-5-4-6-9(10)2/h4-8H,3H2,1-2H3/b11-8-. The first-order chi connectivity index (χ1) is 8.06. The molecule has 0 atom stereocenters. The molecule has 1 aromatic rings. The van der Waals surface area contributed by atoms with E-state index in [2.05, 4.69) is 0 Å². The molecule has 17 heavy (non-hydrogen) atoms. The largest absolute Gasteiger partial charge is 0.462 e. The van der Waals surface area contributed by atoms with Gasteiger partial charge in [-0.3, -0.25) is 10.1 Å². The van der Waals surface area contributed by atoms with Gasteiger partial charge in [-0.1, -0.05) is 24.3 Å². The van der Waals surface area contributed by atoms with Crippen molar-refractivity contribution in [2.24, 2.45) is 0 Å². The number of hydrogen-bond acceptors (Lipinski definition) is 4. The molecule has 0 saturated carbocycles. The number of aryl methyl sites for hydroxylation is 1. The van der Waals surface area contributed by atoms with Gasteiger partial charge in [0.05, 0.1) is 11.5 Å². The monoisotopic (exact) mass is 235 g/mol. The topological polar surface area (TPSA) is 69.4 Å². The van der Waals surface area contributed by atoms with E-state index in [9.17, 15) is 14.9 Å². The molecule has 1 rings (SSSR count). The average Bonchev–Trinajstić information content (AvgIpc) is 2.27. The van der Waals surface area contributed by atoms with E-state index in [1.807, 2.05) is 0 Å². The van der Waals surface area contributed by atoms with Crippen LogP contribution in [0.4, 0.5) is 0 Å².